The van der Waals surface area contributed by atoms with Gasteiger partial charge in [-0.1, -0.05) is 13.3 Å². The van der Waals surface area contributed by atoms with Crippen LogP contribution in [-0.4, -0.2) is 26.7 Å². The van der Waals surface area contributed by atoms with E-state index in [1.54, 1.807) is 14.2 Å². The van der Waals surface area contributed by atoms with Crippen molar-refractivity contribution in [3.63, 3.8) is 0 Å². The summed E-state index contributed by atoms with van der Waals surface area (Å²) in [6.07, 6.45) is 3.77. The van der Waals surface area contributed by atoms with Crippen molar-refractivity contribution in [2.45, 2.75) is 26.2 Å². The first kappa shape index (κ1) is 14.5. The molecule has 20 heavy (non-hydrogen) atoms. The van der Waals surface area contributed by atoms with Crippen LogP contribution in [0.25, 0.3) is 0 Å². The lowest BCUT2D eigenvalue weighted by molar-refractivity contribution is 0.174. The van der Waals surface area contributed by atoms with Crippen LogP contribution in [0.3, 0.4) is 0 Å². The van der Waals surface area contributed by atoms with Gasteiger partial charge in [-0.25, -0.2) is 0 Å². The number of ether oxygens (including phenoxy) is 2. The van der Waals surface area contributed by atoms with Gasteiger partial charge in [-0.05, 0) is 30.4 Å². The molecule has 1 aromatic rings. The second-order valence-electron chi connectivity index (χ2n) is 5.56. The molecule has 1 aromatic carbocycles. The largest absolute Gasteiger partial charge is 0.493 e. The van der Waals surface area contributed by atoms with Gasteiger partial charge in [0, 0.05) is 18.3 Å². The molecule has 5 heteroatoms. The van der Waals surface area contributed by atoms with Gasteiger partial charge in [-0.2, -0.15) is 0 Å². The smallest absolute Gasteiger partial charge is 0.193 e. The zero-order chi connectivity index (χ0) is 14.6. The predicted octanol–water partition coefficient (Wildman–Crippen LogP) is 2.62. The Kier molecular flexibility index (Phi) is 4.37. The number of nitrogens with two attached hydrogens (primary N) is 1. The molecule has 0 saturated heterocycles. The van der Waals surface area contributed by atoms with Crippen LogP contribution in [0.1, 0.15) is 26.2 Å². The standard InChI is InChI=1S/C15H23N3O2/c1-15(7-4-8-15)10-17-14(16)18-11-5-6-12(19-2)13(9-11)20-3/h5-6,9H,4,7-8,10H2,1-3H3,(H3,16,17,18). The quantitative estimate of drug-likeness (QED) is 0.641. The molecule has 5 nitrogen and oxygen atoms in total. The molecule has 0 atom stereocenters. The summed E-state index contributed by atoms with van der Waals surface area (Å²) in [4.78, 5) is 4.42. The summed E-state index contributed by atoms with van der Waals surface area (Å²) in [5.41, 5.74) is 7.09. The minimum absolute atomic E-state index is 0.337. The van der Waals surface area contributed by atoms with E-state index in [4.69, 9.17) is 15.2 Å². The zero-order valence-electron chi connectivity index (χ0n) is 12.4. The van der Waals surface area contributed by atoms with Gasteiger partial charge in [0.15, 0.2) is 17.5 Å². The van der Waals surface area contributed by atoms with Gasteiger partial charge >= 0.3 is 0 Å². The molecule has 0 radical (unpaired) electrons. The number of hydrogen-bond acceptors (Lipinski definition) is 3. The normalized spacial score (nSPS) is 17.2. The van der Waals surface area contributed by atoms with E-state index in [0.717, 1.165) is 12.2 Å². The molecule has 0 aliphatic heterocycles. The second-order valence-corrected chi connectivity index (χ2v) is 5.56. The molecule has 0 unspecified atom stereocenters. The number of guanidine groups is 1. The maximum atomic E-state index is 5.92. The molecular weight excluding hydrogens is 254 g/mol. The Morgan fingerprint density at radius 1 is 1.30 bits per heavy atom. The van der Waals surface area contributed by atoms with Crippen molar-refractivity contribution in [1.82, 2.24) is 0 Å². The van der Waals surface area contributed by atoms with Gasteiger partial charge in [-0.15, -0.1) is 0 Å². The number of benzene rings is 1. The molecule has 110 valence electrons. The number of aliphatic imine (C=N–C) groups is 1. The SMILES string of the molecule is COc1ccc(NC(N)=NCC2(C)CCC2)cc1OC. The van der Waals surface area contributed by atoms with Crippen molar-refractivity contribution in [3.05, 3.63) is 18.2 Å². The topological polar surface area (TPSA) is 68.9 Å². The van der Waals surface area contributed by atoms with E-state index in [1.165, 1.54) is 19.3 Å². The first-order valence-corrected chi connectivity index (χ1v) is 6.85. The number of nitrogens with one attached hydrogen (secondary N) is 1. The van der Waals surface area contributed by atoms with Crippen LogP contribution in [0.5, 0.6) is 11.5 Å². The van der Waals surface area contributed by atoms with E-state index in [-0.39, 0.29) is 0 Å². The molecule has 1 saturated carbocycles. The first-order chi connectivity index (χ1) is 9.56. The van der Waals surface area contributed by atoms with E-state index in [2.05, 4.69) is 17.2 Å². The van der Waals surface area contributed by atoms with Crippen molar-refractivity contribution in [3.8, 4) is 11.5 Å². The highest BCUT2D eigenvalue weighted by atomic mass is 16.5. The van der Waals surface area contributed by atoms with Crippen LogP contribution >= 0.6 is 0 Å². The first-order valence-electron chi connectivity index (χ1n) is 6.85. The fourth-order valence-corrected chi connectivity index (χ4v) is 2.32. The summed E-state index contributed by atoms with van der Waals surface area (Å²) >= 11 is 0. The van der Waals surface area contributed by atoms with Crippen LogP contribution in [0.15, 0.2) is 23.2 Å². The molecule has 0 spiro atoms. The van der Waals surface area contributed by atoms with Crippen molar-refractivity contribution in [1.29, 1.82) is 0 Å². The summed E-state index contributed by atoms with van der Waals surface area (Å²) < 4.78 is 10.4. The van der Waals surface area contributed by atoms with Crippen LogP contribution < -0.4 is 20.5 Å². The molecule has 3 N–H and O–H groups in total. The minimum atomic E-state index is 0.337. The molecule has 0 heterocycles. The third-order valence-electron chi connectivity index (χ3n) is 3.85. The van der Waals surface area contributed by atoms with Gasteiger partial charge in [0.1, 0.15) is 0 Å². The van der Waals surface area contributed by atoms with Gasteiger partial charge in [0.05, 0.1) is 14.2 Å². The highest BCUT2D eigenvalue weighted by Crippen LogP contribution is 2.40. The molecule has 0 bridgehead atoms. The number of methoxy groups -OCH3 is 2. The van der Waals surface area contributed by atoms with E-state index < -0.39 is 0 Å². The van der Waals surface area contributed by atoms with Crippen molar-refractivity contribution in [2.75, 3.05) is 26.1 Å². The molecule has 1 aliphatic rings. The fourth-order valence-electron chi connectivity index (χ4n) is 2.32. The predicted molar refractivity (Wildman–Crippen MR) is 81.6 cm³/mol. The average Bonchev–Trinajstić information content (AvgIpc) is 2.43. The number of nitrogens with zero attached hydrogens (tertiary/aromatic N) is 1. The van der Waals surface area contributed by atoms with Crippen LogP contribution in [0, 0.1) is 5.41 Å². The molecule has 1 aliphatic carbocycles. The highest BCUT2D eigenvalue weighted by Gasteiger charge is 2.31. The average molecular weight is 277 g/mol. The Hall–Kier alpha value is -1.91. The third-order valence-corrected chi connectivity index (χ3v) is 3.85. The summed E-state index contributed by atoms with van der Waals surface area (Å²) in [7, 11) is 3.22. The molecular formula is C15H23N3O2. The van der Waals surface area contributed by atoms with E-state index >= 15 is 0 Å². The number of rotatable bonds is 5. The molecule has 0 aromatic heterocycles. The third kappa shape index (κ3) is 3.35. The van der Waals surface area contributed by atoms with E-state index in [1.807, 2.05) is 18.2 Å². The van der Waals surface area contributed by atoms with Crippen molar-refractivity contribution in [2.24, 2.45) is 16.1 Å². The second kappa shape index (κ2) is 6.03. The van der Waals surface area contributed by atoms with Crippen molar-refractivity contribution < 1.29 is 9.47 Å². The maximum Gasteiger partial charge on any atom is 0.193 e. The Morgan fingerprint density at radius 3 is 2.55 bits per heavy atom. The summed E-state index contributed by atoms with van der Waals surface area (Å²) in [6, 6.07) is 5.56. The Balaban J connectivity index is 1.99. The maximum absolute atomic E-state index is 5.92. The van der Waals surface area contributed by atoms with Gasteiger partial charge < -0.3 is 20.5 Å². The summed E-state index contributed by atoms with van der Waals surface area (Å²) in [5.74, 6) is 1.79. The van der Waals surface area contributed by atoms with Crippen LogP contribution in [-0.2, 0) is 0 Å². The van der Waals surface area contributed by atoms with E-state index in [9.17, 15) is 0 Å². The van der Waals surface area contributed by atoms with Crippen LogP contribution in [0.2, 0.25) is 0 Å². The molecule has 1 fully saturated rings. The Bertz CT molecular complexity index is 496. The van der Waals surface area contributed by atoms with Gasteiger partial charge in [0.2, 0.25) is 0 Å². The number of anilines is 1. The Morgan fingerprint density at radius 2 is 2.00 bits per heavy atom. The highest BCUT2D eigenvalue weighted by molar-refractivity contribution is 5.92. The molecule has 0 amide bonds. The van der Waals surface area contributed by atoms with Gasteiger partial charge in [-0.3, -0.25) is 4.99 Å². The number of hydrogen-bond donors (Lipinski definition) is 2. The lowest BCUT2D eigenvalue weighted by atomic mass is 9.71. The van der Waals surface area contributed by atoms with Gasteiger partial charge in [0.25, 0.3) is 0 Å². The summed E-state index contributed by atoms with van der Waals surface area (Å²) in [6.45, 7) is 3.03. The lowest BCUT2D eigenvalue weighted by Gasteiger charge is -2.36. The van der Waals surface area contributed by atoms with Crippen LogP contribution in [0.4, 0.5) is 5.69 Å². The monoisotopic (exact) mass is 277 g/mol. The fraction of sp³-hybridized carbons (Fsp3) is 0.533. The summed E-state index contributed by atoms with van der Waals surface area (Å²) in [5, 5.41) is 3.08. The van der Waals surface area contributed by atoms with E-state index in [0.29, 0.717) is 22.9 Å². The van der Waals surface area contributed by atoms with Crippen molar-refractivity contribution >= 4 is 11.6 Å². The minimum Gasteiger partial charge on any atom is -0.493 e. The Labute approximate surface area is 120 Å². The molecule has 2 rings (SSSR count). The lowest BCUT2D eigenvalue weighted by Crippen LogP contribution is -2.31. The zero-order valence-corrected chi connectivity index (χ0v) is 12.4.